The van der Waals surface area contributed by atoms with E-state index in [1.54, 1.807) is 0 Å². The first-order valence-corrected chi connectivity index (χ1v) is 7.15. The van der Waals surface area contributed by atoms with Crippen LogP contribution < -0.4 is 0 Å². The molecule has 0 aliphatic carbocycles. The quantitative estimate of drug-likeness (QED) is 0.801. The van der Waals surface area contributed by atoms with Crippen LogP contribution in [-0.4, -0.2) is 23.9 Å². The molecule has 0 radical (unpaired) electrons. The van der Waals surface area contributed by atoms with Gasteiger partial charge in [-0.15, -0.1) is 0 Å². The van der Waals surface area contributed by atoms with E-state index < -0.39 is 0 Å². The molecule has 2 rings (SSSR count). The van der Waals surface area contributed by atoms with Gasteiger partial charge in [-0.05, 0) is 30.4 Å². The molecule has 98 valence electrons. The Balaban J connectivity index is 1.92. The fourth-order valence-electron chi connectivity index (χ4n) is 2.50. The Bertz CT molecular complexity index is 375. The highest BCUT2D eigenvalue weighted by atomic mass is 16.2. The maximum Gasteiger partial charge on any atom is 0.226 e. The van der Waals surface area contributed by atoms with E-state index in [1.807, 2.05) is 4.90 Å². The van der Waals surface area contributed by atoms with Crippen LogP contribution in [0.1, 0.15) is 43.7 Å². The maximum absolute atomic E-state index is 12.2. The lowest BCUT2D eigenvalue weighted by atomic mass is 10.1. The molecule has 0 aromatic heterocycles. The zero-order valence-electron chi connectivity index (χ0n) is 11.3. The van der Waals surface area contributed by atoms with Gasteiger partial charge in [-0.2, -0.15) is 0 Å². The van der Waals surface area contributed by atoms with Crippen molar-refractivity contribution in [1.29, 1.82) is 0 Å². The number of nitrogens with zero attached hydrogens (tertiary/aromatic N) is 1. The molecule has 1 aliphatic rings. The van der Waals surface area contributed by atoms with Gasteiger partial charge in [0.25, 0.3) is 0 Å². The van der Waals surface area contributed by atoms with Crippen LogP contribution in [0.25, 0.3) is 0 Å². The molecule has 0 bridgehead atoms. The van der Waals surface area contributed by atoms with Crippen LogP contribution in [0.2, 0.25) is 0 Å². The Labute approximate surface area is 110 Å². The van der Waals surface area contributed by atoms with Gasteiger partial charge in [-0.3, -0.25) is 4.79 Å². The molecule has 0 spiro atoms. The van der Waals surface area contributed by atoms with E-state index in [2.05, 4.69) is 31.2 Å². The summed E-state index contributed by atoms with van der Waals surface area (Å²) in [6.45, 7) is 4.05. The minimum Gasteiger partial charge on any atom is -0.342 e. The number of hydrogen-bond acceptors (Lipinski definition) is 1. The molecule has 2 heteroatoms. The molecule has 1 aliphatic heterocycles. The van der Waals surface area contributed by atoms with Crippen molar-refractivity contribution in [2.75, 3.05) is 13.1 Å². The Morgan fingerprint density at radius 3 is 2.11 bits per heavy atom. The highest BCUT2D eigenvalue weighted by molar-refractivity contribution is 5.78. The van der Waals surface area contributed by atoms with Crippen LogP contribution in [0.15, 0.2) is 24.3 Å². The van der Waals surface area contributed by atoms with Crippen LogP contribution in [0.3, 0.4) is 0 Å². The minimum absolute atomic E-state index is 0.293. The number of benzene rings is 1. The molecular weight excluding hydrogens is 222 g/mol. The van der Waals surface area contributed by atoms with Gasteiger partial charge >= 0.3 is 0 Å². The van der Waals surface area contributed by atoms with Crippen LogP contribution in [0.5, 0.6) is 0 Å². The second-order valence-corrected chi connectivity index (χ2v) is 5.14. The fourth-order valence-corrected chi connectivity index (χ4v) is 2.50. The molecule has 0 saturated carbocycles. The van der Waals surface area contributed by atoms with Crippen molar-refractivity contribution in [2.24, 2.45) is 0 Å². The topological polar surface area (TPSA) is 20.3 Å². The Kier molecular flexibility index (Phi) is 4.80. The molecule has 0 atom stereocenters. The van der Waals surface area contributed by atoms with Crippen LogP contribution >= 0.6 is 0 Å². The SMILES string of the molecule is CCc1ccc(CC(=O)N2CCCCCC2)cc1. The first-order chi connectivity index (χ1) is 8.79. The van der Waals surface area contributed by atoms with Crippen molar-refractivity contribution in [3.05, 3.63) is 35.4 Å². The largest absolute Gasteiger partial charge is 0.342 e. The smallest absolute Gasteiger partial charge is 0.226 e. The van der Waals surface area contributed by atoms with Crippen molar-refractivity contribution >= 4 is 5.91 Å². The van der Waals surface area contributed by atoms with E-state index in [0.717, 1.165) is 25.1 Å². The number of carbonyl (C=O) groups excluding carboxylic acids is 1. The third-order valence-electron chi connectivity index (χ3n) is 3.75. The van der Waals surface area contributed by atoms with Crippen LogP contribution in [-0.2, 0) is 17.6 Å². The van der Waals surface area contributed by atoms with Gasteiger partial charge < -0.3 is 4.90 Å². The molecule has 1 fully saturated rings. The van der Waals surface area contributed by atoms with Crippen LogP contribution in [0, 0.1) is 0 Å². The number of rotatable bonds is 3. The summed E-state index contributed by atoms with van der Waals surface area (Å²) in [5, 5.41) is 0. The number of amides is 1. The van der Waals surface area contributed by atoms with Crippen molar-refractivity contribution in [2.45, 2.75) is 45.4 Å². The summed E-state index contributed by atoms with van der Waals surface area (Å²) >= 11 is 0. The molecule has 18 heavy (non-hydrogen) atoms. The summed E-state index contributed by atoms with van der Waals surface area (Å²) in [4.78, 5) is 14.2. The molecule has 2 nitrogen and oxygen atoms in total. The normalized spacial score (nSPS) is 16.4. The van der Waals surface area contributed by atoms with E-state index in [-0.39, 0.29) is 0 Å². The van der Waals surface area contributed by atoms with Crippen molar-refractivity contribution in [3.63, 3.8) is 0 Å². The van der Waals surface area contributed by atoms with Gasteiger partial charge in [0.2, 0.25) is 5.91 Å². The van der Waals surface area contributed by atoms with Gasteiger partial charge in [0.15, 0.2) is 0 Å². The van der Waals surface area contributed by atoms with Gasteiger partial charge in [0.05, 0.1) is 6.42 Å². The molecule has 1 saturated heterocycles. The Hall–Kier alpha value is -1.31. The molecule has 0 N–H and O–H groups in total. The molecule has 0 unspecified atom stereocenters. The highest BCUT2D eigenvalue weighted by Gasteiger charge is 2.15. The van der Waals surface area contributed by atoms with Gasteiger partial charge in [-0.1, -0.05) is 44.0 Å². The van der Waals surface area contributed by atoms with Gasteiger partial charge in [0.1, 0.15) is 0 Å². The van der Waals surface area contributed by atoms with Crippen LogP contribution in [0.4, 0.5) is 0 Å². The fraction of sp³-hybridized carbons (Fsp3) is 0.562. The Morgan fingerprint density at radius 1 is 1.00 bits per heavy atom. The zero-order valence-corrected chi connectivity index (χ0v) is 11.3. The standard InChI is InChI=1S/C16H23NO/c1-2-14-7-9-15(10-8-14)13-16(18)17-11-5-3-4-6-12-17/h7-10H,2-6,11-13H2,1H3. The third-order valence-corrected chi connectivity index (χ3v) is 3.75. The van der Waals surface area contributed by atoms with E-state index in [0.29, 0.717) is 12.3 Å². The molecular formula is C16H23NO. The molecule has 1 amide bonds. The van der Waals surface area contributed by atoms with E-state index in [9.17, 15) is 4.79 Å². The van der Waals surface area contributed by atoms with Gasteiger partial charge in [-0.25, -0.2) is 0 Å². The first kappa shape index (κ1) is 13.1. The Morgan fingerprint density at radius 2 is 1.56 bits per heavy atom. The number of carbonyl (C=O) groups is 1. The van der Waals surface area contributed by atoms with Gasteiger partial charge in [0, 0.05) is 13.1 Å². The summed E-state index contributed by atoms with van der Waals surface area (Å²) in [6, 6.07) is 8.44. The number of hydrogen-bond donors (Lipinski definition) is 0. The summed E-state index contributed by atoms with van der Waals surface area (Å²) in [5.74, 6) is 0.293. The molecule has 1 heterocycles. The predicted molar refractivity (Wildman–Crippen MR) is 74.6 cm³/mol. The summed E-state index contributed by atoms with van der Waals surface area (Å²) in [7, 11) is 0. The summed E-state index contributed by atoms with van der Waals surface area (Å²) in [6.07, 6.45) is 6.50. The monoisotopic (exact) mass is 245 g/mol. The summed E-state index contributed by atoms with van der Waals surface area (Å²) in [5.41, 5.74) is 2.47. The highest BCUT2D eigenvalue weighted by Crippen LogP contribution is 2.12. The van der Waals surface area contributed by atoms with Crippen molar-refractivity contribution in [3.8, 4) is 0 Å². The van der Waals surface area contributed by atoms with Crippen molar-refractivity contribution in [1.82, 2.24) is 4.90 Å². The number of likely N-dealkylation sites (tertiary alicyclic amines) is 1. The van der Waals surface area contributed by atoms with E-state index in [4.69, 9.17) is 0 Å². The number of aryl methyl sites for hydroxylation is 1. The summed E-state index contributed by atoms with van der Waals surface area (Å²) < 4.78 is 0. The minimum atomic E-state index is 0.293. The first-order valence-electron chi connectivity index (χ1n) is 7.15. The van der Waals surface area contributed by atoms with E-state index >= 15 is 0 Å². The van der Waals surface area contributed by atoms with Crippen molar-refractivity contribution < 1.29 is 4.79 Å². The maximum atomic E-state index is 12.2. The lowest BCUT2D eigenvalue weighted by Gasteiger charge is -2.20. The third kappa shape index (κ3) is 3.59. The second-order valence-electron chi connectivity index (χ2n) is 5.14. The predicted octanol–water partition coefficient (Wildman–Crippen LogP) is 3.19. The lowest BCUT2D eigenvalue weighted by Crippen LogP contribution is -2.33. The average Bonchev–Trinajstić information content (AvgIpc) is 2.68. The molecule has 1 aromatic rings. The lowest BCUT2D eigenvalue weighted by molar-refractivity contribution is -0.130. The average molecular weight is 245 g/mol. The second kappa shape index (κ2) is 6.58. The van der Waals surface area contributed by atoms with E-state index in [1.165, 1.54) is 31.2 Å². The molecule has 1 aromatic carbocycles. The zero-order chi connectivity index (χ0) is 12.8.